The normalized spacial score (nSPS) is 25.5. The minimum absolute atomic E-state index is 0.0621. The molecule has 9 nitrogen and oxygen atoms in total. The summed E-state index contributed by atoms with van der Waals surface area (Å²) in [5, 5.41) is 3.23. The molecule has 3 atom stereocenters. The number of carbonyl (C=O) groups is 2. The number of aromatic nitrogens is 1. The van der Waals surface area contributed by atoms with Gasteiger partial charge in [0.15, 0.2) is 0 Å². The molecule has 0 spiro atoms. The van der Waals surface area contributed by atoms with Crippen molar-refractivity contribution in [3.05, 3.63) is 47.4 Å². The maximum atomic E-state index is 15.5. The number of fused-ring (bicyclic) bond motifs is 2. The number of likely N-dealkylation sites (N-methyl/N-ethyl adjacent to an activating group) is 1. The van der Waals surface area contributed by atoms with E-state index >= 15 is 4.39 Å². The highest BCUT2D eigenvalue weighted by atomic mass is 19.4. The molecule has 238 valence electrons. The fourth-order valence-corrected chi connectivity index (χ4v) is 6.99. The fourth-order valence-electron chi connectivity index (χ4n) is 6.99. The van der Waals surface area contributed by atoms with E-state index in [-0.39, 0.29) is 36.2 Å². The number of pyridine rings is 1. The Kier molecular flexibility index (Phi) is 8.26. The van der Waals surface area contributed by atoms with Gasteiger partial charge >= 0.3 is 6.18 Å². The summed E-state index contributed by atoms with van der Waals surface area (Å²) >= 11 is 0. The van der Waals surface area contributed by atoms with E-state index in [2.05, 4.69) is 20.1 Å². The van der Waals surface area contributed by atoms with Crippen LogP contribution in [0.3, 0.4) is 0 Å². The maximum Gasteiger partial charge on any atom is 0.416 e. The first-order chi connectivity index (χ1) is 21.0. The van der Waals surface area contributed by atoms with E-state index in [1.165, 1.54) is 31.0 Å². The van der Waals surface area contributed by atoms with Gasteiger partial charge in [-0.2, -0.15) is 13.2 Å². The summed E-state index contributed by atoms with van der Waals surface area (Å²) in [7, 11) is 1.48. The maximum absolute atomic E-state index is 15.5. The van der Waals surface area contributed by atoms with E-state index in [1.807, 2.05) is 4.90 Å². The quantitative estimate of drug-likeness (QED) is 0.498. The standard InChI is InChI=1S/C30H36F5N7O2/c1-18-10-20(30(33,34)35)12-25(37-18)42-26(43)11-19-16-40(28-23(32)4-3-5-24(28)38(2)29(44)27(19)42)8-6-39-7-9-41(21(13-31)17-39)22-14-36-15-22/h3-5,10,12,19,21-22,27,36H,6-9,11,13-17H2,1-2H3/t19-,21+,27+/m1/s1. The third-order valence-electron chi connectivity index (χ3n) is 9.33. The molecule has 4 aliphatic rings. The highest BCUT2D eigenvalue weighted by Crippen LogP contribution is 2.41. The van der Waals surface area contributed by atoms with Crippen LogP contribution in [-0.2, 0) is 15.8 Å². The molecular formula is C30H36F5N7O2. The van der Waals surface area contributed by atoms with Gasteiger partial charge in [-0.3, -0.25) is 24.3 Å². The minimum Gasteiger partial charge on any atom is -0.366 e. The number of hydrogen-bond donors (Lipinski definition) is 1. The lowest BCUT2D eigenvalue weighted by molar-refractivity contribution is -0.137. The van der Waals surface area contributed by atoms with E-state index < -0.39 is 48.0 Å². The second-order valence-corrected chi connectivity index (χ2v) is 12.1. The number of nitrogens with zero attached hydrogens (tertiary/aromatic N) is 6. The summed E-state index contributed by atoms with van der Waals surface area (Å²) in [6.45, 7) is 5.58. The third-order valence-corrected chi connectivity index (χ3v) is 9.33. The second-order valence-electron chi connectivity index (χ2n) is 12.1. The number of rotatable bonds is 6. The summed E-state index contributed by atoms with van der Waals surface area (Å²) in [5.74, 6) is -2.45. The number of alkyl halides is 4. The fraction of sp³-hybridized carbons (Fsp3) is 0.567. The molecule has 3 saturated heterocycles. The van der Waals surface area contributed by atoms with Crippen molar-refractivity contribution in [1.29, 1.82) is 0 Å². The molecule has 1 aromatic carbocycles. The third kappa shape index (κ3) is 5.63. The number of benzene rings is 1. The van der Waals surface area contributed by atoms with E-state index in [4.69, 9.17) is 0 Å². The van der Waals surface area contributed by atoms with Crippen LogP contribution in [0.15, 0.2) is 30.3 Å². The van der Waals surface area contributed by atoms with Crippen LogP contribution in [0.25, 0.3) is 0 Å². The van der Waals surface area contributed by atoms with Crippen molar-refractivity contribution >= 4 is 29.0 Å². The predicted molar refractivity (Wildman–Crippen MR) is 155 cm³/mol. The largest absolute Gasteiger partial charge is 0.416 e. The summed E-state index contributed by atoms with van der Waals surface area (Å²) in [5.41, 5.74) is -0.379. The molecule has 4 aliphatic heterocycles. The van der Waals surface area contributed by atoms with Crippen molar-refractivity contribution in [2.75, 3.05) is 80.8 Å². The van der Waals surface area contributed by atoms with Crippen LogP contribution in [0, 0.1) is 18.7 Å². The minimum atomic E-state index is -4.67. The lowest BCUT2D eigenvalue weighted by Gasteiger charge is -2.48. The number of nitrogens with one attached hydrogen (secondary N) is 1. The molecule has 2 amide bonds. The Labute approximate surface area is 252 Å². The van der Waals surface area contributed by atoms with Crippen LogP contribution in [0.5, 0.6) is 0 Å². The van der Waals surface area contributed by atoms with Crippen LogP contribution in [0.2, 0.25) is 0 Å². The molecule has 3 fully saturated rings. The average Bonchev–Trinajstić information content (AvgIpc) is 3.27. The topological polar surface area (TPSA) is 75.3 Å². The molecule has 2 aromatic rings. The van der Waals surface area contributed by atoms with Gasteiger partial charge in [-0.05, 0) is 31.2 Å². The number of amides is 2. The Morgan fingerprint density at radius 3 is 2.52 bits per heavy atom. The summed E-state index contributed by atoms with van der Waals surface area (Å²) in [6.07, 6.45) is -4.78. The smallest absolute Gasteiger partial charge is 0.366 e. The van der Waals surface area contributed by atoms with Gasteiger partial charge in [0.25, 0.3) is 0 Å². The van der Waals surface area contributed by atoms with Crippen molar-refractivity contribution in [3.8, 4) is 0 Å². The molecule has 0 radical (unpaired) electrons. The molecule has 0 unspecified atom stereocenters. The van der Waals surface area contributed by atoms with Gasteiger partial charge < -0.3 is 15.1 Å². The Hall–Kier alpha value is -3.36. The second kappa shape index (κ2) is 11.9. The number of hydrogen-bond acceptors (Lipinski definition) is 7. The van der Waals surface area contributed by atoms with Crippen LogP contribution >= 0.6 is 0 Å². The molecule has 0 bridgehead atoms. The Bertz CT molecular complexity index is 1420. The molecule has 5 heterocycles. The van der Waals surface area contributed by atoms with E-state index in [0.29, 0.717) is 31.4 Å². The van der Waals surface area contributed by atoms with Crippen molar-refractivity contribution in [3.63, 3.8) is 0 Å². The van der Waals surface area contributed by atoms with Crippen molar-refractivity contribution in [2.24, 2.45) is 5.92 Å². The molecule has 0 saturated carbocycles. The lowest BCUT2D eigenvalue weighted by Crippen LogP contribution is -2.66. The summed E-state index contributed by atoms with van der Waals surface area (Å²) in [4.78, 5) is 40.1. The summed E-state index contributed by atoms with van der Waals surface area (Å²) in [6, 6.07) is 5.08. The number of halogens is 5. The molecular weight excluding hydrogens is 585 g/mol. The number of piperazine rings is 1. The summed E-state index contributed by atoms with van der Waals surface area (Å²) < 4.78 is 70.5. The van der Waals surface area contributed by atoms with Crippen molar-refractivity contribution < 1.29 is 31.5 Å². The molecule has 0 aliphatic carbocycles. The van der Waals surface area contributed by atoms with E-state index in [1.54, 1.807) is 6.07 Å². The predicted octanol–water partition coefficient (Wildman–Crippen LogP) is 2.68. The number of para-hydroxylation sites is 1. The van der Waals surface area contributed by atoms with Crippen molar-refractivity contribution in [1.82, 2.24) is 20.1 Å². The van der Waals surface area contributed by atoms with Gasteiger partial charge in [0.2, 0.25) is 11.8 Å². The zero-order chi connectivity index (χ0) is 31.3. The molecule has 1 N–H and O–H groups in total. The Morgan fingerprint density at radius 1 is 1.07 bits per heavy atom. The van der Waals surface area contributed by atoms with E-state index in [9.17, 15) is 27.2 Å². The van der Waals surface area contributed by atoms with Gasteiger partial charge in [0.05, 0.1) is 23.0 Å². The van der Waals surface area contributed by atoms with Crippen LogP contribution in [0.4, 0.5) is 39.1 Å². The Morgan fingerprint density at radius 2 is 1.84 bits per heavy atom. The van der Waals surface area contributed by atoms with Crippen LogP contribution in [0.1, 0.15) is 17.7 Å². The van der Waals surface area contributed by atoms with Gasteiger partial charge in [-0.15, -0.1) is 0 Å². The van der Waals surface area contributed by atoms with E-state index in [0.717, 1.165) is 43.2 Å². The van der Waals surface area contributed by atoms with Gasteiger partial charge in [-0.25, -0.2) is 13.8 Å². The molecule has 1 aromatic heterocycles. The molecule has 44 heavy (non-hydrogen) atoms. The number of carbonyl (C=O) groups excluding carboxylic acids is 2. The molecule has 6 rings (SSSR count). The number of aryl methyl sites for hydroxylation is 1. The lowest BCUT2D eigenvalue weighted by atomic mass is 9.95. The first-order valence-electron chi connectivity index (χ1n) is 14.9. The monoisotopic (exact) mass is 621 g/mol. The van der Waals surface area contributed by atoms with Crippen LogP contribution < -0.4 is 20.0 Å². The highest BCUT2D eigenvalue weighted by molar-refractivity contribution is 6.10. The SMILES string of the molecule is Cc1cc(C(F)(F)F)cc(N2C(=O)C[C@@H]3CN(CCN4CCN(C5CNC5)[C@@H](CF)C4)c4c(F)cccc4N(C)C(=O)[C@H]32)n1. The molecule has 14 heteroatoms. The van der Waals surface area contributed by atoms with Gasteiger partial charge in [0.1, 0.15) is 24.4 Å². The first-order valence-corrected chi connectivity index (χ1v) is 14.9. The highest BCUT2D eigenvalue weighted by Gasteiger charge is 2.49. The average molecular weight is 622 g/mol. The van der Waals surface area contributed by atoms with Crippen LogP contribution in [-0.4, -0.2) is 111 Å². The number of anilines is 3. The van der Waals surface area contributed by atoms with Crippen molar-refractivity contribution in [2.45, 2.75) is 37.6 Å². The zero-order valence-corrected chi connectivity index (χ0v) is 24.7. The Balaban J connectivity index is 1.29. The van der Waals surface area contributed by atoms with Gasteiger partial charge in [0, 0.05) is 83.5 Å². The first kappa shape index (κ1) is 30.7. The zero-order valence-electron chi connectivity index (χ0n) is 24.7. The van der Waals surface area contributed by atoms with Gasteiger partial charge in [-0.1, -0.05) is 6.07 Å².